The van der Waals surface area contributed by atoms with Crippen molar-refractivity contribution in [2.75, 3.05) is 25.0 Å². The Morgan fingerprint density at radius 2 is 2.38 bits per heavy atom. The van der Waals surface area contributed by atoms with Crippen LogP contribution in [0, 0.1) is 17.8 Å². The summed E-state index contributed by atoms with van der Waals surface area (Å²) in [5.41, 5.74) is 1.22. The van der Waals surface area contributed by atoms with E-state index in [9.17, 15) is 4.79 Å². The zero-order valence-electron chi connectivity index (χ0n) is 12.0. The SMILES string of the molecule is CC1CCCN(C(=O)Nc2ccc(Cl)cc2C#CCO)C1. The van der Waals surface area contributed by atoms with E-state index in [1.54, 1.807) is 18.2 Å². The van der Waals surface area contributed by atoms with Gasteiger partial charge in [-0.05, 0) is 37.0 Å². The quantitative estimate of drug-likeness (QED) is 0.784. The lowest BCUT2D eigenvalue weighted by molar-refractivity contribution is 0.182. The first-order chi connectivity index (χ1) is 10.1. The zero-order valence-corrected chi connectivity index (χ0v) is 12.8. The van der Waals surface area contributed by atoms with E-state index in [4.69, 9.17) is 16.7 Å². The van der Waals surface area contributed by atoms with Gasteiger partial charge in [0.25, 0.3) is 0 Å². The van der Waals surface area contributed by atoms with Crippen molar-refractivity contribution in [1.29, 1.82) is 0 Å². The molecule has 1 aromatic carbocycles. The van der Waals surface area contributed by atoms with E-state index in [1.165, 1.54) is 0 Å². The fraction of sp³-hybridized carbons (Fsp3) is 0.438. The highest BCUT2D eigenvalue weighted by molar-refractivity contribution is 6.30. The minimum absolute atomic E-state index is 0.115. The van der Waals surface area contributed by atoms with Crippen LogP contribution in [0.15, 0.2) is 18.2 Å². The van der Waals surface area contributed by atoms with E-state index < -0.39 is 0 Å². The molecule has 2 N–H and O–H groups in total. The monoisotopic (exact) mass is 306 g/mol. The average Bonchev–Trinajstić information content (AvgIpc) is 2.47. The third-order valence-corrected chi connectivity index (χ3v) is 3.70. The van der Waals surface area contributed by atoms with E-state index in [0.717, 1.165) is 25.9 Å². The summed E-state index contributed by atoms with van der Waals surface area (Å²) in [6.07, 6.45) is 2.20. The van der Waals surface area contributed by atoms with E-state index in [0.29, 0.717) is 22.2 Å². The second-order valence-electron chi connectivity index (χ2n) is 5.27. The Hall–Kier alpha value is -1.70. The summed E-state index contributed by atoms with van der Waals surface area (Å²) < 4.78 is 0. The van der Waals surface area contributed by atoms with Gasteiger partial charge in [0.1, 0.15) is 6.61 Å². The molecule has 0 aromatic heterocycles. The second-order valence-corrected chi connectivity index (χ2v) is 5.71. The average molecular weight is 307 g/mol. The molecule has 0 radical (unpaired) electrons. The maximum atomic E-state index is 12.3. The summed E-state index contributed by atoms with van der Waals surface area (Å²) in [6.45, 7) is 3.47. The largest absolute Gasteiger partial charge is 0.384 e. The number of nitrogens with one attached hydrogen (secondary N) is 1. The van der Waals surface area contributed by atoms with Gasteiger partial charge in [-0.2, -0.15) is 0 Å². The first kappa shape index (κ1) is 15.7. The number of piperidine rings is 1. The highest BCUT2D eigenvalue weighted by Crippen LogP contribution is 2.22. The molecule has 5 heteroatoms. The highest BCUT2D eigenvalue weighted by atomic mass is 35.5. The van der Waals surface area contributed by atoms with Gasteiger partial charge < -0.3 is 15.3 Å². The Labute approximate surface area is 130 Å². The number of hydrogen-bond acceptors (Lipinski definition) is 2. The standard InChI is InChI=1S/C16H19ClN2O2/c1-12-4-2-8-19(11-12)16(21)18-15-7-6-14(17)10-13(15)5-3-9-20/h6-7,10,12,20H,2,4,8-9,11H2,1H3,(H,18,21). The summed E-state index contributed by atoms with van der Waals surface area (Å²) in [6, 6.07) is 5.00. The lowest BCUT2D eigenvalue weighted by Crippen LogP contribution is -2.41. The molecule has 1 heterocycles. The molecule has 0 spiro atoms. The predicted octanol–water partition coefficient (Wildman–Crippen LogP) is 2.95. The fourth-order valence-corrected chi connectivity index (χ4v) is 2.60. The van der Waals surface area contributed by atoms with Crippen LogP contribution in [0.4, 0.5) is 10.5 Å². The molecule has 1 aliphatic heterocycles. The second kappa shape index (κ2) is 7.35. The first-order valence-electron chi connectivity index (χ1n) is 7.05. The molecule has 1 atom stereocenters. The van der Waals surface area contributed by atoms with Gasteiger partial charge in [-0.25, -0.2) is 4.79 Å². The van der Waals surface area contributed by atoms with E-state index >= 15 is 0 Å². The number of aliphatic hydroxyl groups excluding tert-OH is 1. The molecule has 2 rings (SSSR count). The number of rotatable bonds is 1. The van der Waals surface area contributed by atoms with Crippen LogP contribution in [0.1, 0.15) is 25.3 Å². The number of benzene rings is 1. The maximum absolute atomic E-state index is 12.3. The van der Waals surface area contributed by atoms with Gasteiger partial charge in [0.2, 0.25) is 0 Å². The molecule has 2 amide bonds. The summed E-state index contributed by atoms with van der Waals surface area (Å²) >= 11 is 5.95. The summed E-state index contributed by atoms with van der Waals surface area (Å²) in [4.78, 5) is 14.1. The van der Waals surface area contributed by atoms with E-state index in [-0.39, 0.29) is 12.6 Å². The van der Waals surface area contributed by atoms with Crippen molar-refractivity contribution in [2.24, 2.45) is 5.92 Å². The lowest BCUT2D eigenvalue weighted by atomic mass is 10.0. The van der Waals surface area contributed by atoms with E-state index in [2.05, 4.69) is 24.1 Å². The summed E-state index contributed by atoms with van der Waals surface area (Å²) in [5.74, 6) is 5.91. The van der Waals surface area contributed by atoms with Crippen LogP contribution < -0.4 is 5.32 Å². The van der Waals surface area contributed by atoms with Crippen molar-refractivity contribution in [3.63, 3.8) is 0 Å². The minimum atomic E-state index is -0.233. The summed E-state index contributed by atoms with van der Waals surface area (Å²) in [7, 11) is 0. The normalized spacial score (nSPS) is 17.9. The Morgan fingerprint density at radius 1 is 1.57 bits per heavy atom. The van der Waals surface area contributed by atoms with Gasteiger partial charge >= 0.3 is 6.03 Å². The van der Waals surface area contributed by atoms with Crippen molar-refractivity contribution < 1.29 is 9.90 Å². The molecule has 112 valence electrons. The maximum Gasteiger partial charge on any atom is 0.321 e. The molecule has 4 nitrogen and oxygen atoms in total. The number of carbonyl (C=O) groups excluding carboxylic acids is 1. The van der Waals surface area contributed by atoms with Crippen LogP contribution in [0.5, 0.6) is 0 Å². The molecule has 1 saturated heterocycles. The van der Waals surface area contributed by atoms with Gasteiger partial charge in [0.05, 0.1) is 5.69 Å². The Bertz CT molecular complexity index is 577. The number of halogens is 1. The van der Waals surface area contributed by atoms with E-state index in [1.807, 2.05) is 4.90 Å². The van der Waals surface area contributed by atoms with Crippen molar-refractivity contribution in [3.8, 4) is 11.8 Å². The van der Waals surface area contributed by atoms with Crippen LogP contribution in [0.3, 0.4) is 0 Å². The molecule has 1 aromatic rings. The Kier molecular flexibility index (Phi) is 5.49. The Balaban J connectivity index is 2.13. The van der Waals surface area contributed by atoms with Gasteiger partial charge in [0.15, 0.2) is 0 Å². The van der Waals surface area contributed by atoms with Gasteiger partial charge in [-0.15, -0.1) is 0 Å². The number of aliphatic hydroxyl groups is 1. The third-order valence-electron chi connectivity index (χ3n) is 3.47. The zero-order chi connectivity index (χ0) is 15.2. The molecular formula is C16H19ClN2O2. The number of nitrogens with zero attached hydrogens (tertiary/aromatic N) is 1. The molecule has 0 bridgehead atoms. The van der Waals surface area contributed by atoms with Crippen molar-refractivity contribution in [2.45, 2.75) is 19.8 Å². The number of carbonyl (C=O) groups is 1. The van der Waals surface area contributed by atoms with Crippen LogP contribution in [-0.4, -0.2) is 35.7 Å². The van der Waals surface area contributed by atoms with Crippen LogP contribution in [0.2, 0.25) is 5.02 Å². The first-order valence-corrected chi connectivity index (χ1v) is 7.43. The van der Waals surface area contributed by atoms with Gasteiger partial charge in [-0.3, -0.25) is 0 Å². The lowest BCUT2D eigenvalue weighted by Gasteiger charge is -2.31. The van der Waals surface area contributed by atoms with Crippen LogP contribution in [0.25, 0.3) is 0 Å². The third kappa shape index (κ3) is 4.38. The van der Waals surface area contributed by atoms with Crippen molar-refractivity contribution in [1.82, 2.24) is 4.90 Å². The van der Waals surface area contributed by atoms with Gasteiger partial charge in [-0.1, -0.05) is 30.4 Å². The molecule has 1 unspecified atom stereocenters. The van der Waals surface area contributed by atoms with Crippen molar-refractivity contribution in [3.05, 3.63) is 28.8 Å². The van der Waals surface area contributed by atoms with Gasteiger partial charge in [0, 0.05) is 23.7 Å². The smallest absolute Gasteiger partial charge is 0.321 e. The van der Waals surface area contributed by atoms with Crippen LogP contribution >= 0.6 is 11.6 Å². The fourth-order valence-electron chi connectivity index (χ4n) is 2.43. The predicted molar refractivity (Wildman–Crippen MR) is 84.4 cm³/mol. The number of anilines is 1. The number of hydrogen-bond donors (Lipinski definition) is 2. The number of likely N-dealkylation sites (tertiary alicyclic amines) is 1. The van der Waals surface area contributed by atoms with Crippen molar-refractivity contribution >= 4 is 23.3 Å². The minimum Gasteiger partial charge on any atom is -0.384 e. The molecule has 0 saturated carbocycles. The molecule has 1 fully saturated rings. The number of urea groups is 1. The summed E-state index contributed by atoms with van der Waals surface area (Å²) in [5, 5.41) is 12.2. The molecule has 1 aliphatic rings. The number of amides is 2. The molecule has 0 aliphatic carbocycles. The Morgan fingerprint density at radius 3 is 3.10 bits per heavy atom. The molecule has 21 heavy (non-hydrogen) atoms. The van der Waals surface area contributed by atoms with Crippen LogP contribution in [-0.2, 0) is 0 Å². The topological polar surface area (TPSA) is 52.6 Å². The molecular weight excluding hydrogens is 288 g/mol. The highest BCUT2D eigenvalue weighted by Gasteiger charge is 2.21.